The average molecular weight is 303 g/mol. The number of nitrogens with one attached hydrogen (secondary N) is 1. The molecule has 22 heavy (non-hydrogen) atoms. The first-order valence-corrected chi connectivity index (χ1v) is 9.24. The highest BCUT2D eigenvalue weighted by molar-refractivity contribution is 5.04. The van der Waals surface area contributed by atoms with Crippen LogP contribution in [0, 0.1) is 11.8 Å². The minimum Gasteiger partial charge on any atom is -0.369 e. The van der Waals surface area contributed by atoms with E-state index in [2.05, 4.69) is 28.0 Å². The van der Waals surface area contributed by atoms with Crippen molar-refractivity contribution in [1.82, 2.24) is 14.9 Å². The largest absolute Gasteiger partial charge is 0.369 e. The number of nitrogens with zero attached hydrogens (tertiary/aromatic N) is 2. The summed E-state index contributed by atoms with van der Waals surface area (Å²) in [6.45, 7) is 4.00. The van der Waals surface area contributed by atoms with Gasteiger partial charge in [0.2, 0.25) is 0 Å². The molecule has 4 nitrogen and oxygen atoms in total. The van der Waals surface area contributed by atoms with Gasteiger partial charge >= 0.3 is 0 Å². The molecule has 2 aliphatic carbocycles. The molecule has 2 saturated carbocycles. The van der Waals surface area contributed by atoms with Crippen LogP contribution in [0.5, 0.6) is 0 Å². The van der Waals surface area contributed by atoms with Crippen LogP contribution in [-0.4, -0.2) is 28.2 Å². The molecule has 1 N–H and O–H groups in total. The molecule has 4 rings (SSSR count). The third-order valence-corrected chi connectivity index (χ3v) is 5.89. The first-order chi connectivity index (χ1) is 10.8. The predicted octanol–water partition coefficient (Wildman–Crippen LogP) is 3.29. The molecule has 1 aromatic rings. The van der Waals surface area contributed by atoms with Gasteiger partial charge in [0.15, 0.2) is 0 Å². The van der Waals surface area contributed by atoms with E-state index in [1.54, 1.807) is 0 Å². The normalized spacial score (nSPS) is 35.9. The number of aryl methyl sites for hydroxylation is 1. The molecule has 0 spiro atoms. The Hall–Kier alpha value is -0.870. The molecule has 2 heterocycles. The molecule has 0 radical (unpaired) electrons. The third kappa shape index (κ3) is 2.95. The number of hydrogen-bond acceptors (Lipinski definition) is 3. The van der Waals surface area contributed by atoms with Crippen LogP contribution >= 0.6 is 0 Å². The smallest absolute Gasteiger partial charge is 0.139 e. The lowest BCUT2D eigenvalue weighted by Crippen LogP contribution is -2.43. The van der Waals surface area contributed by atoms with Crippen molar-refractivity contribution in [3.05, 3.63) is 18.2 Å². The standard InChI is InChI=1S/C18H29N3O/c1-2-21-10-9-19-18(21)17-16(8-11-22-17)20-15-5-3-4-14(12-15)13-6-7-13/h9-10,13-17,20H,2-8,11-12H2,1H3/t14-,15-,16-,17-/m0/s1. The molecule has 3 fully saturated rings. The summed E-state index contributed by atoms with van der Waals surface area (Å²) < 4.78 is 8.26. The van der Waals surface area contributed by atoms with Gasteiger partial charge in [-0.05, 0) is 50.9 Å². The van der Waals surface area contributed by atoms with Crippen molar-refractivity contribution in [3.63, 3.8) is 0 Å². The van der Waals surface area contributed by atoms with Gasteiger partial charge in [0, 0.05) is 37.6 Å². The minimum atomic E-state index is 0.135. The molecule has 1 aliphatic heterocycles. The summed E-state index contributed by atoms with van der Waals surface area (Å²) in [4.78, 5) is 4.56. The van der Waals surface area contributed by atoms with Gasteiger partial charge < -0.3 is 14.6 Å². The molecule has 0 amide bonds. The Morgan fingerprint density at radius 2 is 2.14 bits per heavy atom. The maximum Gasteiger partial charge on any atom is 0.139 e. The van der Waals surface area contributed by atoms with Crippen molar-refractivity contribution in [2.75, 3.05) is 6.61 Å². The summed E-state index contributed by atoms with van der Waals surface area (Å²) in [5, 5.41) is 3.94. The molecule has 1 saturated heterocycles. The average Bonchev–Trinajstić information content (AvgIpc) is 3.12. The van der Waals surface area contributed by atoms with Gasteiger partial charge in [-0.25, -0.2) is 4.98 Å². The number of rotatable bonds is 5. The molecule has 0 bridgehead atoms. The van der Waals surface area contributed by atoms with Gasteiger partial charge in [0.25, 0.3) is 0 Å². The number of hydrogen-bond donors (Lipinski definition) is 1. The molecule has 4 atom stereocenters. The number of imidazole rings is 1. The van der Waals surface area contributed by atoms with E-state index in [1.165, 1.54) is 38.5 Å². The fourth-order valence-electron chi connectivity index (χ4n) is 4.54. The van der Waals surface area contributed by atoms with Crippen LogP contribution in [-0.2, 0) is 11.3 Å². The zero-order chi connectivity index (χ0) is 14.9. The van der Waals surface area contributed by atoms with Crippen LogP contribution in [0.15, 0.2) is 12.4 Å². The lowest BCUT2D eigenvalue weighted by molar-refractivity contribution is 0.0836. The fraction of sp³-hybridized carbons (Fsp3) is 0.833. The van der Waals surface area contributed by atoms with E-state index in [0.717, 1.165) is 37.2 Å². The fourth-order valence-corrected chi connectivity index (χ4v) is 4.54. The molecular formula is C18H29N3O. The number of ether oxygens (including phenoxy) is 1. The molecule has 0 unspecified atom stereocenters. The monoisotopic (exact) mass is 303 g/mol. The van der Waals surface area contributed by atoms with Crippen molar-refractivity contribution in [2.45, 2.75) is 76.6 Å². The summed E-state index contributed by atoms with van der Waals surface area (Å²) in [6, 6.07) is 1.13. The Balaban J connectivity index is 1.40. The molecule has 1 aromatic heterocycles. The number of aromatic nitrogens is 2. The summed E-state index contributed by atoms with van der Waals surface area (Å²) in [5.74, 6) is 3.15. The van der Waals surface area contributed by atoms with E-state index in [-0.39, 0.29) is 6.10 Å². The van der Waals surface area contributed by atoms with Gasteiger partial charge in [0.05, 0.1) is 0 Å². The van der Waals surface area contributed by atoms with Crippen LogP contribution in [0.3, 0.4) is 0 Å². The molecule has 3 aliphatic rings. The van der Waals surface area contributed by atoms with Gasteiger partial charge in [-0.15, -0.1) is 0 Å². The summed E-state index contributed by atoms with van der Waals surface area (Å²) in [5.41, 5.74) is 0. The van der Waals surface area contributed by atoms with Crippen LogP contribution in [0.1, 0.15) is 63.8 Å². The summed E-state index contributed by atoms with van der Waals surface area (Å²) >= 11 is 0. The topological polar surface area (TPSA) is 39.1 Å². The Labute approximate surface area is 133 Å². The van der Waals surface area contributed by atoms with Crippen molar-refractivity contribution in [1.29, 1.82) is 0 Å². The van der Waals surface area contributed by atoms with Crippen LogP contribution in [0.2, 0.25) is 0 Å². The maximum absolute atomic E-state index is 6.03. The van der Waals surface area contributed by atoms with Crippen LogP contribution in [0.4, 0.5) is 0 Å². The zero-order valence-corrected chi connectivity index (χ0v) is 13.7. The first kappa shape index (κ1) is 14.7. The van der Waals surface area contributed by atoms with Crippen LogP contribution < -0.4 is 5.32 Å². The molecular weight excluding hydrogens is 274 g/mol. The van der Waals surface area contributed by atoms with Gasteiger partial charge in [-0.3, -0.25) is 0 Å². The second-order valence-corrected chi connectivity index (χ2v) is 7.39. The van der Waals surface area contributed by atoms with Gasteiger partial charge in [-0.1, -0.05) is 12.8 Å². The highest BCUT2D eigenvalue weighted by atomic mass is 16.5. The highest BCUT2D eigenvalue weighted by Crippen LogP contribution is 2.44. The van der Waals surface area contributed by atoms with E-state index >= 15 is 0 Å². The van der Waals surface area contributed by atoms with Crippen molar-refractivity contribution >= 4 is 0 Å². The predicted molar refractivity (Wildman–Crippen MR) is 86.6 cm³/mol. The Morgan fingerprint density at radius 1 is 1.23 bits per heavy atom. The quantitative estimate of drug-likeness (QED) is 0.907. The lowest BCUT2D eigenvalue weighted by atomic mass is 9.82. The highest BCUT2D eigenvalue weighted by Gasteiger charge is 2.38. The van der Waals surface area contributed by atoms with E-state index in [9.17, 15) is 0 Å². The Kier molecular flexibility index (Phi) is 4.23. The molecule has 0 aromatic carbocycles. The second-order valence-electron chi connectivity index (χ2n) is 7.39. The minimum absolute atomic E-state index is 0.135. The SMILES string of the molecule is CCn1ccnc1[C@H]1OCC[C@@H]1N[C@H]1CCC[C@H](C2CC2)C1. The maximum atomic E-state index is 6.03. The molecule has 122 valence electrons. The zero-order valence-electron chi connectivity index (χ0n) is 13.7. The van der Waals surface area contributed by atoms with Crippen molar-refractivity contribution in [3.8, 4) is 0 Å². The van der Waals surface area contributed by atoms with Gasteiger partial charge in [-0.2, -0.15) is 0 Å². The summed E-state index contributed by atoms with van der Waals surface area (Å²) in [6.07, 6.45) is 13.8. The summed E-state index contributed by atoms with van der Waals surface area (Å²) in [7, 11) is 0. The Morgan fingerprint density at radius 3 is 2.95 bits per heavy atom. The van der Waals surface area contributed by atoms with Crippen molar-refractivity contribution < 1.29 is 4.74 Å². The van der Waals surface area contributed by atoms with Gasteiger partial charge in [0.1, 0.15) is 11.9 Å². The second kappa shape index (κ2) is 6.32. The van der Waals surface area contributed by atoms with E-state index in [0.29, 0.717) is 12.1 Å². The van der Waals surface area contributed by atoms with Crippen LogP contribution in [0.25, 0.3) is 0 Å². The van der Waals surface area contributed by atoms with Crippen molar-refractivity contribution in [2.24, 2.45) is 11.8 Å². The third-order valence-electron chi connectivity index (χ3n) is 5.89. The lowest BCUT2D eigenvalue weighted by Gasteiger charge is -2.33. The molecule has 4 heteroatoms. The Bertz CT molecular complexity index is 496. The van der Waals surface area contributed by atoms with E-state index < -0.39 is 0 Å². The van der Waals surface area contributed by atoms with E-state index in [1.807, 2.05) is 6.20 Å². The first-order valence-electron chi connectivity index (χ1n) is 9.24. The van der Waals surface area contributed by atoms with E-state index in [4.69, 9.17) is 4.74 Å².